The molecule has 2 amide bonds. The number of hydrogen-bond donors (Lipinski definition) is 6. The van der Waals surface area contributed by atoms with Crippen molar-refractivity contribution in [3.63, 3.8) is 0 Å². The number of rotatable bonds is 11. The molecule has 0 saturated carbocycles. The standard InChI is InChI=1S/C14H23N5O4S2/c1-25-3-2-10(14(22)23)18-13(21)11(6-24)19-12(20)9(15)4-8-5-16-7-17-8/h5,7,9-11,24H,2-4,6,15H2,1H3,(H,16,17)(H,18,21)(H,19,20)(H,22,23). The van der Waals surface area contributed by atoms with E-state index in [-0.39, 0.29) is 18.6 Å². The highest BCUT2D eigenvalue weighted by Gasteiger charge is 2.27. The summed E-state index contributed by atoms with van der Waals surface area (Å²) in [5.41, 5.74) is 6.51. The zero-order chi connectivity index (χ0) is 18.8. The van der Waals surface area contributed by atoms with Gasteiger partial charge in [0.15, 0.2) is 0 Å². The molecule has 1 heterocycles. The minimum Gasteiger partial charge on any atom is -0.480 e. The van der Waals surface area contributed by atoms with Crippen LogP contribution >= 0.6 is 24.4 Å². The van der Waals surface area contributed by atoms with Crippen molar-refractivity contribution in [2.45, 2.75) is 31.0 Å². The average Bonchev–Trinajstić information content (AvgIpc) is 3.08. The van der Waals surface area contributed by atoms with Crippen LogP contribution < -0.4 is 16.4 Å². The number of nitrogens with one attached hydrogen (secondary N) is 3. The lowest BCUT2D eigenvalue weighted by Crippen LogP contribution is -2.55. The zero-order valence-corrected chi connectivity index (χ0v) is 15.5. The average molecular weight is 390 g/mol. The second-order valence-electron chi connectivity index (χ2n) is 5.31. The first-order chi connectivity index (χ1) is 11.9. The summed E-state index contributed by atoms with van der Waals surface area (Å²) in [6.45, 7) is 0. The lowest BCUT2D eigenvalue weighted by molar-refractivity contribution is -0.142. The van der Waals surface area contributed by atoms with Crippen molar-refractivity contribution in [1.82, 2.24) is 20.6 Å². The molecule has 3 atom stereocenters. The van der Waals surface area contributed by atoms with Crippen molar-refractivity contribution in [2.24, 2.45) is 5.73 Å². The third kappa shape index (κ3) is 7.36. The molecule has 0 fully saturated rings. The number of aliphatic carboxylic acids is 1. The normalized spacial score (nSPS) is 14.4. The largest absolute Gasteiger partial charge is 0.480 e. The summed E-state index contributed by atoms with van der Waals surface area (Å²) in [7, 11) is 0. The Hall–Kier alpha value is -1.72. The maximum absolute atomic E-state index is 12.2. The summed E-state index contributed by atoms with van der Waals surface area (Å²) < 4.78 is 0. The van der Waals surface area contributed by atoms with E-state index in [0.717, 1.165) is 0 Å². The summed E-state index contributed by atoms with van der Waals surface area (Å²) in [4.78, 5) is 42.2. The molecule has 1 rings (SSSR count). The van der Waals surface area contributed by atoms with Crippen LogP contribution in [0.15, 0.2) is 12.5 Å². The third-order valence-electron chi connectivity index (χ3n) is 3.37. The summed E-state index contributed by atoms with van der Waals surface area (Å²) in [5, 5.41) is 14.1. The molecule has 0 aromatic carbocycles. The number of carbonyl (C=O) groups excluding carboxylic acids is 2. The van der Waals surface area contributed by atoms with Gasteiger partial charge >= 0.3 is 5.97 Å². The fourth-order valence-electron chi connectivity index (χ4n) is 1.96. The summed E-state index contributed by atoms with van der Waals surface area (Å²) in [6, 6.07) is -2.86. The summed E-state index contributed by atoms with van der Waals surface area (Å²) in [5.74, 6) is -1.65. The fraction of sp³-hybridized carbons (Fsp3) is 0.571. The minimum atomic E-state index is -1.12. The topological polar surface area (TPSA) is 150 Å². The number of carboxylic acids is 1. The summed E-state index contributed by atoms with van der Waals surface area (Å²) in [6.07, 6.45) is 5.40. The van der Waals surface area contributed by atoms with Crippen molar-refractivity contribution in [1.29, 1.82) is 0 Å². The first-order valence-electron chi connectivity index (χ1n) is 7.55. The number of H-pyrrole nitrogens is 1. The first kappa shape index (κ1) is 21.3. The fourth-order valence-corrected chi connectivity index (χ4v) is 2.69. The highest BCUT2D eigenvalue weighted by Crippen LogP contribution is 2.03. The third-order valence-corrected chi connectivity index (χ3v) is 4.38. The number of hydrogen-bond acceptors (Lipinski definition) is 7. The van der Waals surface area contributed by atoms with Crippen LogP contribution in [0.2, 0.25) is 0 Å². The van der Waals surface area contributed by atoms with Gasteiger partial charge in [0.2, 0.25) is 11.8 Å². The van der Waals surface area contributed by atoms with Crippen LogP contribution in [0, 0.1) is 0 Å². The number of aromatic nitrogens is 2. The van der Waals surface area contributed by atoms with Crippen molar-refractivity contribution < 1.29 is 19.5 Å². The molecular weight excluding hydrogens is 366 g/mol. The monoisotopic (exact) mass is 389 g/mol. The Morgan fingerprint density at radius 3 is 2.56 bits per heavy atom. The van der Waals surface area contributed by atoms with E-state index >= 15 is 0 Å². The molecule has 9 nitrogen and oxygen atoms in total. The molecule has 140 valence electrons. The molecule has 6 N–H and O–H groups in total. The quantitative estimate of drug-likeness (QED) is 0.266. The number of amides is 2. The van der Waals surface area contributed by atoms with Gasteiger partial charge in [-0.15, -0.1) is 0 Å². The van der Waals surface area contributed by atoms with E-state index in [1.165, 1.54) is 18.1 Å². The van der Waals surface area contributed by atoms with Crippen molar-refractivity contribution in [3.8, 4) is 0 Å². The Balaban J connectivity index is 2.59. The second-order valence-corrected chi connectivity index (χ2v) is 6.66. The first-order valence-corrected chi connectivity index (χ1v) is 9.57. The van der Waals surface area contributed by atoms with Crippen LogP contribution in [0.25, 0.3) is 0 Å². The lowest BCUT2D eigenvalue weighted by atomic mass is 10.1. The van der Waals surface area contributed by atoms with Gasteiger partial charge in [0, 0.05) is 24.1 Å². The molecule has 0 spiro atoms. The van der Waals surface area contributed by atoms with Crippen LogP contribution in [-0.4, -0.2) is 68.7 Å². The van der Waals surface area contributed by atoms with Gasteiger partial charge in [0.25, 0.3) is 0 Å². The van der Waals surface area contributed by atoms with Gasteiger partial charge in [-0.3, -0.25) is 9.59 Å². The minimum absolute atomic E-state index is 0.0171. The van der Waals surface area contributed by atoms with Gasteiger partial charge in [-0.2, -0.15) is 24.4 Å². The van der Waals surface area contributed by atoms with E-state index < -0.39 is 35.9 Å². The molecule has 11 heteroatoms. The van der Waals surface area contributed by atoms with Gasteiger partial charge in [0.1, 0.15) is 12.1 Å². The van der Waals surface area contributed by atoms with Crippen LogP contribution in [0.1, 0.15) is 12.1 Å². The van der Waals surface area contributed by atoms with Crippen LogP contribution in [0.4, 0.5) is 0 Å². The number of imidazole rings is 1. The zero-order valence-electron chi connectivity index (χ0n) is 13.8. The van der Waals surface area contributed by atoms with Crippen LogP contribution in [0.3, 0.4) is 0 Å². The highest BCUT2D eigenvalue weighted by atomic mass is 32.2. The van der Waals surface area contributed by atoms with E-state index in [2.05, 4.69) is 33.2 Å². The molecular formula is C14H23N5O4S2. The number of carbonyl (C=O) groups is 3. The predicted octanol–water partition coefficient (Wildman–Crippen LogP) is -0.983. The van der Waals surface area contributed by atoms with E-state index in [4.69, 9.17) is 10.8 Å². The van der Waals surface area contributed by atoms with Gasteiger partial charge in [-0.05, 0) is 18.4 Å². The molecule has 0 aliphatic heterocycles. The molecule has 0 saturated heterocycles. The highest BCUT2D eigenvalue weighted by molar-refractivity contribution is 7.98. The van der Waals surface area contributed by atoms with E-state index in [1.807, 2.05) is 6.26 Å². The SMILES string of the molecule is CSCCC(NC(=O)C(CS)NC(=O)C(N)Cc1cnc[nH]1)C(=O)O. The van der Waals surface area contributed by atoms with E-state index in [9.17, 15) is 14.4 Å². The number of carboxylic acid groups (broad SMARTS) is 1. The van der Waals surface area contributed by atoms with Crippen molar-refractivity contribution in [2.75, 3.05) is 17.8 Å². The molecule has 1 aromatic rings. The van der Waals surface area contributed by atoms with Crippen LogP contribution in [0.5, 0.6) is 0 Å². The Morgan fingerprint density at radius 1 is 1.36 bits per heavy atom. The summed E-state index contributed by atoms with van der Waals surface area (Å²) >= 11 is 5.53. The van der Waals surface area contributed by atoms with Crippen molar-refractivity contribution in [3.05, 3.63) is 18.2 Å². The number of nitrogens with zero attached hydrogens (tertiary/aromatic N) is 1. The molecule has 25 heavy (non-hydrogen) atoms. The van der Waals surface area contributed by atoms with Gasteiger partial charge in [0.05, 0.1) is 12.4 Å². The maximum atomic E-state index is 12.2. The molecule has 0 aliphatic carbocycles. The molecule has 0 aliphatic rings. The lowest BCUT2D eigenvalue weighted by Gasteiger charge is -2.21. The second kappa shape index (κ2) is 11.0. The number of aromatic amines is 1. The Labute approximate surface area is 155 Å². The number of thiol groups is 1. The Kier molecular flexibility index (Phi) is 9.39. The van der Waals surface area contributed by atoms with Gasteiger partial charge < -0.3 is 26.5 Å². The predicted molar refractivity (Wildman–Crippen MR) is 98.6 cm³/mol. The maximum Gasteiger partial charge on any atom is 0.326 e. The van der Waals surface area contributed by atoms with Crippen LogP contribution in [-0.2, 0) is 20.8 Å². The molecule has 0 bridgehead atoms. The van der Waals surface area contributed by atoms with Gasteiger partial charge in [-0.25, -0.2) is 9.78 Å². The molecule has 1 aromatic heterocycles. The van der Waals surface area contributed by atoms with E-state index in [1.54, 1.807) is 6.20 Å². The molecule has 3 unspecified atom stereocenters. The smallest absolute Gasteiger partial charge is 0.326 e. The van der Waals surface area contributed by atoms with Crippen molar-refractivity contribution >= 4 is 42.2 Å². The Morgan fingerprint density at radius 2 is 2.04 bits per heavy atom. The Bertz CT molecular complexity index is 570. The molecule has 0 radical (unpaired) electrons. The van der Waals surface area contributed by atoms with E-state index in [0.29, 0.717) is 11.4 Å². The number of thioether (sulfide) groups is 1. The van der Waals surface area contributed by atoms with Gasteiger partial charge in [-0.1, -0.05) is 0 Å². The number of nitrogens with two attached hydrogens (primary N) is 1.